The first kappa shape index (κ1) is 22.1. The molecule has 2 aliphatic rings. The molecule has 3 aromatic rings. The standard InChI is InChI=1S/C27H35N3O3/c1-18-14-19(2)25(24(15-18)31-3)22-6-5-7-23-26(27(32-4)28-30(22)23)29(16-20-8-9-20)17-21-10-12-33-13-11-21/h5-7,14-15,20-21H,8-13,16-17H2,1-4H3. The van der Waals surface area contributed by atoms with E-state index in [4.69, 9.17) is 19.3 Å². The summed E-state index contributed by atoms with van der Waals surface area (Å²) in [5, 5.41) is 4.96. The van der Waals surface area contributed by atoms with E-state index in [1.807, 2.05) is 4.52 Å². The van der Waals surface area contributed by atoms with E-state index in [9.17, 15) is 0 Å². The van der Waals surface area contributed by atoms with Gasteiger partial charge in [0.2, 0.25) is 0 Å². The SMILES string of the molecule is COc1cc(C)cc(C)c1-c1cccc2c(N(CC3CCOCC3)CC3CC3)c(OC)nn12. The second-order valence-corrected chi connectivity index (χ2v) is 9.63. The van der Waals surface area contributed by atoms with Crippen molar-refractivity contribution < 1.29 is 14.2 Å². The molecule has 0 N–H and O–H groups in total. The van der Waals surface area contributed by atoms with Crippen LogP contribution in [0.15, 0.2) is 30.3 Å². The molecule has 2 fully saturated rings. The number of aromatic nitrogens is 2. The van der Waals surface area contributed by atoms with Crippen molar-refractivity contribution >= 4 is 11.2 Å². The number of hydrogen-bond donors (Lipinski definition) is 0. The largest absolute Gasteiger partial charge is 0.496 e. The van der Waals surface area contributed by atoms with Gasteiger partial charge < -0.3 is 19.1 Å². The topological polar surface area (TPSA) is 48.2 Å². The monoisotopic (exact) mass is 449 g/mol. The third-order valence-electron chi connectivity index (χ3n) is 7.02. The molecule has 0 spiro atoms. The molecule has 1 saturated carbocycles. The Balaban J connectivity index is 1.63. The van der Waals surface area contributed by atoms with Gasteiger partial charge in [-0.2, -0.15) is 0 Å². The molecule has 3 heterocycles. The highest BCUT2D eigenvalue weighted by molar-refractivity contribution is 5.83. The molecular weight excluding hydrogens is 414 g/mol. The van der Waals surface area contributed by atoms with Gasteiger partial charge in [0.15, 0.2) is 0 Å². The molecular formula is C27H35N3O3. The van der Waals surface area contributed by atoms with Crippen LogP contribution in [-0.4, -0.2) is 50.1 Å². The zero-order valence-electron chi connectivity index (χ0n) is 20.3. The van der Waals surface area contributed by atoms with Crippen LogP contribution in [0.1, 0.15) is 36.8 Å². The maximum absolute atomic E-state index is 5.87. The van der Waals surface area contributed by atoms with Crippen LogP contribution in [0.5, 0.6) is 11.6 Å². The zero-order valence-corrected chi connectivity index (χ0v) is 20.3. The molecule has 1 saturated heterocycles. The number of fused-ring (bicyclic) bond motifs is 1. The van der Waals surface area contributed by atoms with Crippen LogP contribution in [0.4, 0.5) is 5.69 Å². The van der Waals surface area contributed by atoms with Crippen molar-refractivity contribution in [1.82, 2.24) is 9.61 Å². The molecule has 0 radical (unpaired) electrons. The molecule has 1 aliphatic heterocycles. The smallest absolute Gasteiger partial charge is 0.257 e. The highest BCUT2D eigenvalue weighted by atomic mass is 16.5. The molecule has 1 aromatic carbocycles. The normalized spacial score (nSPS) is 16.8. The van der Waals surface area contributed by atoms with Crippen LogP contribution >= 0.6 is 0 Å². The zero-order chi connectivity index (χ0) is 22.9. The molecule has 6 heteroatoms. The van der Waals surface area contributed by atoms with Gasteiger partial charge in [-0.1, -0.05) is 12.1 Å². The van der Waals surface area contributed by atoms with Gasteiger partial charge >= 0.3 is 0 Å². The van der Waals surface area contributed by atoms with Crippen LogP contribution in [0.25, 0.3) is 16.8 Å². The summed E-state index contributed by atoms with van der Waals surface area (Å²) < 4.78 is 19.3. The Morgan fingerprint density at radius 2 is 1.73 bits per heavy atom. The molecule has 176 valence electrons. The van der Waals surface area contributed by atoms with E-state index in [0.29, 0.717) is 11.8 Å². The van der Waals surface area contributed by atoms with Gasteiger partial charge in [-0.15, -0.1) is 5.10 Å². The first-order valence-corrected chi connectivity index (χ1v) is 12.1. The second-order valence-electron chi connectivity index (χ2n) is 9.63. The lowest BCUT2D eigenvalue weighted by Gasteiger charge is -2.31. The Hall–Kier alpha value is -2.73. The second kappa shape index (κ2) is 9.26. The Morgan fingerprint density at radius 1 is 1.00 bits per heavy atom. The number of rotatable bonds is 8. The Morgan fingerprint density at radius 3 is 2.39 bits per heavy atom. The van der Waals surface area contributed by atoms with Gasteiger partial charge in [0.25, 0.3) is 5.88 Å². The number of benzene rings is 1. The number of aryl methyl sites for hydroxylation is 2. The Labute approximate surface area is 196 Å². The van der Waals surface area contributed by atoms with E-state index >= 15 is 0 Å². The van der Waals surface area contributed by atoms with Gasteiger partial charge in [0, 0.05) is 31.9 Å². The molecule has 1 aliphatic carbocycles. The van der Waals surface area contributed by atoms with Crippen molar-refractivity contribution in [2.45, 2.75) is 39.5 Å². The fourth-order valence-corrected chi connectivity index (χ4v) is 5.19. The number of hydrogen-bond acceptors (Lipinski definition) is 5. The van der Waals surface area contributed by atoms with Crippen LogP contribution in [-0.2, 0) is 4.74 Å². The molecule has 2 aromatic heterocycles. The van der Waals surface area contributed by atoms with Crippen molar-refractivity contribution in [2.24, 2.45) is 11.8 Å². The molecule has 6 nitrogen and oxygen atoms in total. The Kier molecular flexibility index (Phi) is 6.19. The molecule has 0 atom stereocenters. The van der Waals surface area contributed by atoms with E-state index in [-0.39, 0.29) is 0 Å². The lowest BCUT2D eigenvalue weighted by Crippen LogP contribution is -2.34. The summed E-state index contributed by atoms with van der Waals surface area (Å²) in [6.45, 7) is 8.05. The van der Waals surface area contributed by atoms with Gasteiger partial charge in [-0.25, -0.2) is 4.52 Å². The number of ether oxygens (including phenoxy) is 3. The molecule has 0 amide bonds. The lowest BCUT2D eigenvalue weighted by atomic mass is 9.99. The van der Waals surface area contributed by atoms with E-state index < -0.39 is 0 Å². The fourth-order valence-electron chi connectivity index (χ4n) is 5.19. The van der Waals surface area contributed by atoms with E-state index in [1.165, 1.54) is 24.0 Å². The number of pyridine rings is 1. The van der Waals surface area contributed by atoms with Gasteiger partial charge in [-0.05, 0) is 80.7 Å². The third-order valence-corrected chi connectivity index (χ3v) is 7.02. The fraction of sp³-hybridized carbons (Fsp3) is 0.519. The number of nitrogens with zero attached hydrogens (tertiary/aromatic N) is 3. The maximum atomic E-state index is 5.87. The van der Waals surface area contributed by atoms with Crippen molar-refractivity contribution in [1.29, 1.82) is 0 Å². The van der Waals surface area contributed by atoms with Crippen LogP contribution < -0.4 is 14.4 Å². The predicted molar refractivity (Wildman–Crippen MR) is 132 cm³/mol. The summed E-state index contributed by atoms with van der Waals surface area (Å²) in [5.74, 6) is 2.97. The molecule has 0 unspecified atom stereocenters. The van der Waals surface area contributed by atoms with Crippen molar-refractivity contribution in [3.8, 4) is 22.9 Å². The van der Waals surface area contributed by atoms with Gasteiger partial charge in [0.1, 0.15) is 11.4 Å². The van der Waals surface area contributed by atoms with Gasteiger partial charge in [-0.3, -0.25) is 0 Å². The first-order chi connectivity index (χ1) is 16.1. The highest BCUT2D eigenvalue weighted by Crippen LogP contribution is 2.41. The Bertz CT molecular complexity index is 1130. The van der Waals surface area contributed by atoms with Crippen LogP contribution in [0, 0.1) is 25.7 Å². The summed E-state index contributed by atoms with van der Waals surface area (Å²) in [6.07, 6.45) is 4.87. The van der Waals surface area contributed by atoms with E-state index in [1.54, 1.807) is 14.2 Å². The van der Waals surface area contributed by atoms with E-state index in [0.717, 1.165) is 73.3 Å². The van der Waals surface area contributed by atoms with Crippen LogP contribution in [0.3, 0.4) is 0 Å². The minimum atomic E-state index is 0.639. The molecule has 5 rings (SSSR count). The predicted octanol–water partition coefficient (Wildman–Crippen LogP) is 5.28. The molecule has 33 heavy (non-hydrogen) atoms. The van der Waals surface area contributed by atoms with Crippen molar-refractivity contribution in [2.75, 3.05) is 45.4 Å². The minimum absolute atomic E-state index is 0.639. The summed E-state index contributed by atoms with van der Waals surface area (Å²) in [5.41, 5.74) is 6.64. The van der Waals surface area contributed by atoms with E-state index in [2.05, 4.69) is 49.1 Å². The van der Waals surface area contributed by atoms with Crippen LogP contribution in [0.2, 0.25) is 0 Å². The quantitative estimate of drug-likeness (QED) is 0.468. The average Bonchev–Trinajstić information content (AvgIpc) is 3.55. The minimum Gasteiger partial charge on any atom is -0.496 e. The summed E-state index contributed by atoms with van der Waals surface area (Å²) in [6, 6.07) is 10.7. The first-order valence-electron chi connectivity index (χ1n) is 12.1. The summed E-state index contributed by atoms with van der Waals surface area (Å²) in [4.78, 5) is 2.54. The highest BCUT2D eigenvalue weighted by Gasteiger charge is 2.31. The molecule has 0 bridgehead atoms. The lowest BCUT2D eigenvalue weighted by molar-refractivity contribution is 0.0681. The maximum Gasteiger partial charge on any atom is 0.257 e. The number of methoxy groups -OCH3 is 2. The number of anilines is 1. The third kappa shape index (κ3) is 4.41. The summed E-state index contributed by atoms with van der Waals surface area (Å²) in [7, 11) is 3.46. The average molecular weight is 450 g/mol. The summed E-state index contributed by atoms with van der Waals surface area (Å²) >= 11 is 0. The van der Waals surface area contributed by atoms with Crippen molar-refractivity contribution in [3.05, 3.63) is 41.5 Å². The van der Waals surface area contributed by atoms with Crippen molar-refractivity contribution in [3.63, 3.8) is 0 Å². The van der Waals surface area contributed by atoms with Gasteiger partial charge in [0.05, 0.1) is 25.4 Å².